The highest BCUT2D eigenvalue weighted by Crippen LogP contribution is 3.02. The van der Waals surface area contributed by atoms with Crippen LogP contribution >= 0.6 is 10.2 Å². The summed E-state index contributed by atoms with van der Waals surface area (Å²) in [6, 6.07) is 4.88. The number of benzene rings is 1. The van der Waals surface area contributed by atoms with Crippen molar-refractivity contribution in [3.05, 3.63) is 54.4 Å². The minimum Gasteiger partial charge on any atom is -0.361 e. The highest BCUT2D eigenvalue weighted by atomic mass is 32.5. The first-order valence-corrected chi connectivity index (χ1v) is 8.30. The molecule has 0 spiro atoms. The molecule has 0 amide bonds. The van der Waals surface area contributed by atoms with Crippen molar-refractivity contribution in [2.45, 2.75) is 10.9 Å². The maximum atomic E-state index is 12.7. The quantitative estimate of drug-likeness (QED) is 0.553. The third-order valence-corrected chi connectivity index (χ3v) is 4.42. The molecule has 1 heterocycles. The van der Waals surface area contributed by atoms with Crippen LogP contribution in [0.3, 0.4) is 0 Å². The Morgan fingerprint density at radius 2 is 1.70 bits per heavy atom. The predicted octanol–water partition coefficient (Wildman–Crippen LogP) is 5.12. The number of hydrogen-bond acceptors (Lipinski definition) is 3. The highest BCUT2D eigenvalue weighted by molar-refractivity contribution is 8.45. The zero-order chi connectivity index (χ0) is 17.4. The van der Waals surface area contributed by atoms with E-state index in [0.717, 1.165) is 12.1 Å². The summed E-state index contributed by atoms with van der Waals surface area (Å²) in [5.74, 6) is 0. The normalized spacial score (nSPS) is 16.1. The summed E-state index contributed by atoms with van der Waals surface area (Å²) in [7, 11) is -8.22. The Morgan fingerprint density at radius 3 is 2.13 bits per heavy atom. The van der Waals surface area contributed by atoms with Gasteiger partial charge < -0.3 is 9.69 Å². The number of carbonyl (C=O) groups excluding carboxylic acids is 1. The molecule has 23 heavy (non-hydrogen) atoms. The van der Waals surface area contributed by atoms with Crippen molar-refractivity contribution in [1.82, 2.24) is 4.98 Å². The van der Waals surface area contributed by atoms with Gasteiger partial charge in [-0.05, 0) is 35.9 Å². The largest absolute Gasteiger partial charge is 0.361 e. The van der Waals surface area contributed by atoms with Crippen LogP contribution in [0.5, 0.6) is 0 Å². The fourth-order valence-corrected chi connectivity index (χ4v) is 2.69. The summed E-state index contributed by atoms with van der Waals surface area (Å²) in [5, 5.41) is 0. The van der Waals surface area contributed by atoms with Gasteiger partial charge >= 0.3 is 10.2 Å². The van der Waals surface area contributed by atoms with Gasteiger partial charge in [-0.1, -0.05) is 25.5 Å². The van der Waals surface area contributed by atoms with Crippen molar-refractivity contribution in [2.75, 3.05) is 11.9 Å². The molecule has 1 atom stereocenters. The van der Waals surface area contributed by atoms with Crippen LogP contribution in [0.4, 0.5) is 25.1 Å². The van der Waals surface area contributed by atoms with Gasteiger partial charge in [-0.2, -0.15) is 0 Å². The number of nitrogens with zero attached hydrogens (tertiary/aromatic N) is 2. The van der Waals surface area contributed by atoms with Gasteiger partial charge in [-0.3, -0.25) is 4.98 Å². The van der Waals surface area contributed by atoms with Gasteiger partial charge in [-0.15, -0.1) is 0 Å². The van der Waals surface area contributed by atoms with E-state index < -0.39 is 21.2 Å². The number of aromatic nitrogens is 1. The second-order valence-corrected chi connectivity index (χ2v) is 7.35. The van der Waals surface area contributed by atoms with Crippen LogP contribution in [0, 0.1) is 0 Å². The topological polar surface area (TPSA) is 33.2 Å². The van der Waals surface area contributed by atoms with E-state index in [1.807, 2.05) is 0 Å². The molecule has 0 aliphatic carbocycles. The van der Waals surface area contributed by atoms with E-state index in [2.05, 4.69) is 4.98 Å². The fourth-order valence-electron chi connectivity index (χ4n) is 2.04. The Kier molecular flexibility index (Phi) is 3.68. The van der Waals surface area contributed by atoms with E-state index in [9.17, 15) is 24.2 Å². The number of halogens is 5. The Balaban J connectivity index is 2.34. The number of aldehydes is 1. The van der Waals surface area contributed by atoms with Crippen LogP contribution in [0.1, 0.15) is 11.6 Å². The van der Waals surface area contributed by atoms with Crippen molar-refractivity contribution in [1.29, 1.82) is 0 Å². The fraction of sp³-hybridized carbons (Fsp3) is 0.143. The Morgan fingerprint density at radius 1 is 1.09 bits per heavy atom. The Hall–Kier alpha value is -2.16. The summed E-state index contributed by atoms with van der Waals surface area (Å²) >= 11 is 0. The lowest BCUT2D eigenvalue weighted by Gasteiger charge is -2.40. The van der Waals surface area contributed by atoms with Gasteiger partial charge in [-0.25, -0.2) is 0 Å². The molecule has 9 heteroatoms. The molecule has 2 rings (SSSR count). The number of anilines is 1. The van der Waals surface area contributed by atoms with Gasteiger partial charge in [0.25, 0.3) is 0 Å². The molecule has 0 radical (unpaired) electrons. The van der Waals surface area contributed by atoms with Gasteiger partial charge in [0, 0.05) is 25.1 Å². The van der Waals surface area contributed by atoms with E-state index in [1.165, 1.54) is 24.3 Å². The van der Waals surface area contributed by atoms with E-state index in [-0.39, 0.29) is 5.69 Å². The maximum Gasteiger partial charge on any atom is 0.310 e. The smallest absolute Gasteiger partial charge is 0.310 e. The number of pyridine rings is 1. The van der Waals surface area contributed by atoms with Crippen LogP contribution in [0.2, 0.25) is 0 Å². The predicted molar refractivity (Wildman–Crippen MR) is 79.3 cm³/mol. The number of carbonyl (C=O) groups is 1. The maximum absolute atomic E-state index is 12.7. The number of hydrogen-bond donors (Lipinski definition) is 0. The van der Waals surface area contributed by atoms with Gasteiger partial charge in [0.15, 0.2) is 0 Å². The van der Waals surface area contributed by atoms with E-state index in [4.69, 9.17) is 0 Å². The van der Waals surface area contributed by atoms with Crippen LogP contribution < -0.4 is 4.90 Å². The Labute approximate surface area is 129 Å². The van der Waals surface area contributed by atoms with E-state index in [1.54, 1.807) is 12.1 Å². The third kappa shape index (κ3) is 3.98. The van der Waals surface area contributed by atoms with Crippen LogP contribution in [0.15, 0.2) is 53.7 Å². The standard InChI is InChI=1S/C14H13F5N2OS/c1-21(14(10-22)11-3-2-8-20-9-11)12-4-6-13(7-5-12)23(15,16,17,18)19/h2-10,14H,1H3. The van der Waals surface area contributed by atoms with Crippen molar-refractivity contribution in [3.63, 3.8) is 0 Å². The first-order valence-electron chi connectivity index (χ1n) is 6.34. The molecule has 0 saturated heterocycles. The third-order valence-electron chi connectivity index (χ3n) is 3.26. The summed E-state index contributed by atoms with van der Waals surface area (Å²) in [6.45, 7) is 0. The first kappa shape index (κ1) is 17.2. The molecule has 126 valence electrons. The minimum atomic E-state index is -9.70. The Bertz CT molecular complexity index is 704. The summed E-state index contributed by atoms with van der Waals surface area (Å²) < 4.78 is 63.5. The number of rotatable bonds is 5. The van der Waals surface area contributed by atoms with Gasteiger partial charge in [0.2, 0.25) is 0 Å². The molecular weight excluding hydrogens is 339 g/mol. The molecule has 0 saturated carbocycles. The molecule has 1 aromatic carbocycles. The van der Waals surface area contributed by atoms with Crippen molar-refractivity contribution >= 4 is 22.2 Å². The molecule has 0 aliphatic heterocycles. The average molecular weight is 352 g/mol. The lowest BCUT2D eigenvalue weighted by atomic mass is 10.1. The monoisotopic (exact) mass is 352 g/mol. The van der Waals surface area contributed by atoms with Crippen molar-refractivity contribution in [2.24, 2.45) is 0 Å². The van der Waals surface area contributed by atoms with Crippen LogP contribution in [-0.2, 0) is 4.79 Å². The zero-order valence-electron chi connectivity index (χ0n) is 11.9. The molecule has 0 aliphatic rings. The second kappa shape index (κ2) is 4.92. The highest BCUT2D eigenvalue weighted by Gasteiger charge is 2.65. The molecule has 0 fully saturated rings. The van der Waals surface area contributed by atoms with E-state index in [0.29, 0.717) is 24.0 Å². The average Bonchev–Trinajstić information content (AvgIpc) is 2.47. The van der Waals surface area contributed by atoms with Gasteiger partial charge in [0.1, 0.15) is 17.2 Å². The second-order valence-electron chi connectivity index (χ2n) is 4.94. The van der Waals surface area contributed by atoms with E-state index >= 15 is 0 Å². The SMILES string of the molecule is CN(c1ccc(S(F)(F)(F)(F)F)cc1)C(C=O)c1cccnc1. The summed E-state index contributed by atoms with van der Waals surface area (Å²) in [5.41, 5.74) is 0.721. The zero-order valence-corrected chi connectivity index (χ0v) is 12.7. The first-order chi connectivity index (χ1) is 10.4. The number of likely N-dealkylation sites (N-methyl/N-ethyl adjacent to an activating group) is 1. The molecule has 0 N–H and O–H groups in total. The minimum absolute atomic E-state index is 0.191. The van der Waals surface area contributed by atoms with Gasteiger partial charge in [0.05, 0.1) is 0 Å². The van der Waals surface area contributed by atoms with Crippen LogP contribution in [-0.4, -0.2) is 18.3 Å². The lowest BCUT2D eigenvalue weighted by Crippen LogP contribution is -2.25. The van der Waals surface area contributed by atoms with Crippen molar-refractivity contribution in [3.8, 4) is 0 Å². The molecule has 1 unspecified atom stereocenters. The molecule has 2 aromatic rings. The molecule has 1 aromatic heterocycles. The lowest BCUT2D eigenvalue weighted by molar-refractivity contribution is -0.109. The van der Waals surface area contributed by atoms with Crippen LogP contribution in [0.25, 0.3) is 0 Å². The van der Waals surface area contributed by atoms with Crippen molar-refractivity contribution < 1.29 is 24.2 Å². The molecule has 3 nitrogen and oxygen atoms in total. The molecule has 0 bridgehead atoms. The molecular formula is C14H13F5N2OS. The summed E-state index contributed by atoms with van der Waals surface area (Å²) in [6.07, 6.45) is 3.54. The summed E-state index contributed by atoms with van der Waals surface area (Å²) in [4.78, 5) is 14.6.